The Hall–Kier alpha value is -2.35. The molecule has 5 nitrogen and oxygen atoms in total. The summed E-state index contributed by atoms with van der Waals surface area (Å²) in [6.07, 6.45) is 1.72. The van der Waals surface area contributed by atoms with E-state index in [0.29, 0.717) is 25.1 Å². The van der Waals surface area contributed by atoms with Crippen molar-refractivity contribution >= 4 is 11.9 Å². The van der Waals surface area contributed by atoms with Crippen LogP contribution >= 0.6 is 0 Å². The van der Waals surface area contributed by atoms with Crippen molar-refractivity contribution in [3.63, 3.8) is 0 Å². The molecule has 0 aromatic heterocycles. The first-order valence-electron chi connectivity index (χ1n) is 7.11. The number of hydrogen-bond acceptors (Lipinski definition) is 4. The maximum atomic E-state index is 12.3. The van der Waals surface area contributed by atoms with Crippen LogP contribution in [-0.2, 0) is 20.7 Å². The fourth-order valence-corrected chi connectivity index (χ4v) is 2.52. The first kappa shape index (κ1) is 15.0. The van der Waals surface area contributed by atoms with Crippen molar-refractivity contribution in [2.75, 3.05) is 13.2 Å². The monoisotopic (exact) mass is 286 g/mol. The number of nitrogens with zero attached hydrogens (tertiary/aromatic N) is 2. The fraction of sp³-hybridized carbons (Fsp3) is 0.438. The molecule has 0 aliphatic carbocycles. The molecule has 1 aliphatic heterocycles. The van der Waals surface area contributed by atoms with Crippen molar-refractivity contribution in [3.8, 4) is 6.07 Å². The Balaban J connectivity index is 2.01. The first-order chi connectivity index (χ1) is 10.2. The summed E-state index contributed by atoms with van der Waals surface area (Å²) in [6, 6.07) is 8.51. The largest absolute Gasteiger partial charge is 0.464 e. The van der Waals surface area contributed by atoms with Crippen LogP contribution in [0.2, 0.25) is 0 Å². The highest BCUT2D eigenvalue weighted by atomic mass is 16.5. The molecule has 1 fully saturated rings. The van der Waals surface area contributed by atoms with Gasteiger partial charge in [-0.15, -0.1) is 0 Å². The first-order valence-corrected chi connectivity index (χ1v) is 7.11. The lowest BCUT2D eigenvalue weighted by Crippen LogP contribution is -2.42. The van der Waals surface area contributed by atoms with E-state index in [4.69, 9.17) is 10.00 Å². The van der Waals surface area contributed by atoms with Gasteiger partial charge in [-0.3, -0.25) is 4.79 Å². The van der Waals surface area contributed by atoms with E-state index in [1.165, 1.54) is 0 Å². The molecular formula is C16H18N2O3. The molecule has 110 valence electrons. The normalized spacial score (nSPS) is 17.3. The van der Waals surface area contributed by atoms with Crippen molar-refractivity contribution in [2.24, 2.45) is 0 Å². The van der Waals surface area contributed by atoms with Gasteiger partial charge >= 0.3 is 5.97 Å². The zero-order valence-corrected chi connectivity index (χ0v) is 12.0. The van der Waals surface area contributed by atoms with Crippen LogP contribution in [0.25, 0.3) is 0 Å². The Bertz CT molecular complexity index is 560. The Morgan fingerprint density at radius 2 is 2.10 bits per heavy atom. The standard InChI is InChI=1S/C16H18N2O3/c1-2-21-16(20)14-4-3-9-18(14)15(19)10-12-5-7-13(11-17)8-6-12/h5-8,14H,2-4,9-10H2,1H3. The number of nitriles is 1. The molecular weight excluding hydrogens is 268 g/mol. The third kappa shape index (κ3) is 3.60. The van der Waals surface area contributed by atoms with Crippen molar-refractivity contribution in [2.45, 2.75) is 32.2 Å². The van der Waals surface area contributed by atoms with Gasteiger partial charge < -0.3 is 9.64 Å². The number of amides is 1. The minimum Gasteiger partial charge on any atom is -0.464 e. The van der Waals surface area contributed by atoms with Gasteiger partial charge in [0.15, 0.2) is 0 Å². The SMILES string of the molecule is CCOC(=O)C1CCCN1C(=O)Cc1ccc(C#N)cc1. The van der Waals surface area contributed by atoms with Crippen molar-refractivity contribution in [3.05, 3.63) is 35.4 Å². The van der Waals surface area contributed by atoms with Crippen LogP contribution < -0.4 is 0 Å². The molecule has 0 bridgehead atoms. The average molecular weight is 286 g/mol. The summed E-state index contributed by atoms with van der Waals surface area (Å²) in [5.41, 5.74) is 1.41. The zero-order chi connectivity index (χ0) is 15.2. The van der Waals surface area contributed by atoms with Gasteiger partial charge in [0.2, 0.25) is 5.91 Å². The van der Waals surface area contributed by atoms with Crippen molar-refractivity contribution in [1.82, 2.24) is 4.90 Å². The molecule has 0 spiro atoms. The highest BCUT2D eigenvalue weighted by molar-refractivity contribution is 5.86. The van der Waals surface area contributed by atoms with E-state index in [2.05, 4.69) is 0 Å². The highest BCUT2D eigenvalue weighted by Gasteiger charge is 2.34. The number of carbonyl (C=O) groups is 2. The van der Waals surface area contributed by atoms with Gasteiger partial charge in [0.25, 0.3) is 0 Å². The molecule has 1 aliphatic rings. The second-order valence-electron chi connectivity index (χ2n) is 4.98. The van der Waals surface area contributed by atoms with Crippen LogP contribution in [0.4, 0.5) is 0 Å². The lowest BCUT2D eigenvalue weighted by atomic mass is 10.1. The Morgan fingerprint density at radius 1 is 1.38 bits per heavy atom. The Kier molecular flexibility index (Phi) is 4.94. The summed E-state index contributed by atoms with van der Waals surface area (Å²) >= 11 is 0. The topological polar surface area (TPSA) is 70.4 Å². The molecule has 0 saturated carbocycles. The lowest BCUT2D eigenvalue weighted by molar-refractivity contribution is -0.152. The summed E-state index contributed by atoms with van der Waals surface area (Å²) in [5.74, 6) is -0.390. The van der Waals surface area contributed by atoms with Crippen LogP contribution in [-0.4, -0.2) is 36.0 Å². The number of carbonyl (C=O) groups excluding carboxylic acids is 2. The maximum absolute atomic E-state index is 12.3. The number of likely N-dealkylation sites (tertiary alicyclic amines) is 1. The molecule has 5 heteroatoms. The van der Waals surface area contributed by atoms with Gasteiger partial charge in [0.1, 0.15) is 6.04 Å². The predicted molar refractivity (Wildman–Crippen MR) is 76.2 cm³/mol. The smallest absolute Gasteiger partial charge is 0.328 e. The molecule has 1 heterocycles. The molecule has 21 heavy (non-hydrogen) atoms. The highest BCUT2D eigenvalue weighted by Crippen LogP contribution is 2.20. The number of ether oxygens (including phenoxy) is 1. The summed E-state index contributed by atoms with van der Waals surface area (Å²) in [6.45, 7) is 2.68. The van der Waals surface area contributed by atoms with Gasteiger partial charge in [0, 0.05) is 6.54 Å². The molecule has 1 saturated heterocycles. The Morgan fingerprint density at radius 3 is 2.71 bits per heavy atom. The maximum Gasteiger partial charge on any atom is 0.328 e. The third-order valence-corrected chi connectivity index (χ3v) is 3.57. The van der Waals surface area contributed by atoms with E-state index in [-0.39, 0.29) is 18.3 Å². The van der Waals surface area contributed by atoms with E-state index in [1.54, 1.807) is 36.1 Å². The Labute approximate surface area is 124 Å². The van der Waals surface area contributed by atoms with Gasteiger partial charge in [-0.05, 0) is 37.5 Å². The molecule has 1 amide bonds. The van der Waals surface area contributed by atoms with Crippen LogP contribution in [0.5, 0.6) is 0 Å². The molecule has 1 aromatic carbocycles. The van der Waals surface area contributed by atoms with Gasteiger partial charge in [-0.1, -0.05) is 12.1 Å². The molecule has 1 unspecified atom stereocenters. The molecule has 1 aromatic rings. The number of esters is 1. The van der Waals surface area contributed by atoms with Crippen molar-refractivity contribution < 1.29 is 14.3 Å². The second-order valence-corrected chi connectivity index (χ2v) is 4.98. The second kappa shape index (κ2) is 6.89. The summed E-state index contributed by atoms with van der Waals surface area (Å²) in [4.78, 5) is 25.8. The quantitative estimate of drug-likeness (QED) is 0.789. The summed E-state index contributed by atoms with van der Waals surface area (Å²) in [5, 5.41) is 8.75. The van der Waals surface area contributed by atoms with Crippen LogP contribution in [0.1, 0.15) is 30.9 Å². The molecule has 0 N–H and O–H groups in total. The number of benzene rings is 1. The van der Waals surface area contributed by atoms with E-state index >= 15 is 0 Å². The van der Waals surface area contributed by atoms with Crippen LogP contribution in [0, 0.1) is 11.3 Å². The minimum absolute atomic E-state index is 0.0738. The van der Waals surface area contributed by atoms with E-state index < -0.39 is 6.04 Å². The molecule has 0 radical (unpaired) electrons. The van der Waals surface area contributed by atoms with Crippen molar-refractivity contribution in [1.29, 1.82) is 5.26 Å². The van der Waals surface area contributed by atoms with Gasteiger partial charge in [-0.2, -0.15) is 5.26 Å². The molecule has 1 atom stereocenters. The number of rotatable bonds is 4. The predicted octanol–water partition coefficient (Wildman–Crippen LogP) is 1.65. The lowest BCUT2D eigenvalue weighted by Gasteiger charge is -2.23. The fourth-order valence-electron chi connectivity index (χ4n) is 2.52. The van der Waals surface area contributed by atoms with Gasteiger partial charge in [-0.25, -0.2) is 4.79 Å². The van der Waals surface area contributed by atoms with Gasteiger partial charge in [0.05, 0.1) is 24.7 Å². The summed E-state index contributed by atoms with van der Waals surface area (Å²) < 4.78 is 5.02. The third-order valence-electron chi connectivity index (χ3n) is 3.57. The zero-order valence-electron chi connectivity index (χ0n) is 12.0. The minimum atomic E-state index is -0.448. The van der Waals surface area contributed by atoms with E-state index in [0.717, 1.165) is 12.0 Å². The van der Waals surface area contributed by atoms with Crippen LogP contribution in [0.3, 0.4) is 0 Å². The summed E-state index contributed by atoms with van der Waals surface area (Å²) in [7, 11) is 0. The van der Waals surface area contributed by atoms with E-state index in [9.17, 15) is 9.59 Å². The van der Waals surface area contributed by atoms with Crippen LogP contribution in [0.15, 0.2) is 24.3 Å². The van der Waals surface area contributed by atoms with E-state index in [1.807, 2.05) is 6.07 Å². The number of hydrogen-bond donors (Lipinski definition) is 0. The molecule has 2 rings (SSSR count). The average Bonchev–Trinajstić information content (AvgIpc) is 2.98.